The van der Waals surface area contributed by atoms with Crippen LogP contribution in [0.2, 0.25) is 0 Å². The van der Waals surface area contributed by atoms with Crippen LogP contribution >= 0.6 is 11.3 Å². The molecule has 0 saturated heterocycles. The van der Waals surface area contributed by atoms with Gasteiger partial charge in [0.2, 0.25) is 0 Å². The standard InChI is InChI=1S/C20H25N3O4S/c1-12(2)21-20(26)23-17(24)11-27-19(25)14-8-4-3-7-13(14)18-22-15-9-5-6-10-16(15)28-18/h5-6,9-10,12-14H,3-4,7-8,11H2,1-2H3,(H2,21,23,24,26)/t13-,14-/m0/s1. The molecule has 0 aliphatic heterocycles. The van der Waals surface area contributed by atoms with E-state index < -0.39 is 24.5 Å². The Kier molecular flexibility index (Phi) is 6.61. The Bertz CT molecular complexity index is 831. The fourth-order valence-corrected chi connectivity index (χ4v) is 4.63. The van der Waals surface area contributed by atoms with Crippen LogP contribution in [0.15, 0.2) is 24.3 Å². The highest BCUT2D eigenvalue weighted by atomic mass is 32.1. The van der Waals surface area contributed by atoms with Crippen molar-refractivity contribution in [2.24, 2.45) is 5.92 Å². The summed E-state index contributed by atoms with van der Waals surface area (Å²) in [5.74, 6) is -1.35. The van der Waals surface area contributed by atoms with Gasteiger partial charge in [-0.15, -0.1) is 11.3 Å². The van der Waals surface area contributed by atoms with E-state index in [0.29, 0.717) is 0 Å². The minimum atomic E-state index is -0.640. The topological polar surface area (TPSA) is 97.4 Å². The minimum Gasteiger partial charge on any atom is -0.455 e. The summed E-state index contributed by atoms with van der Waals surface area (Å²) in [6.45, 7) is 3.11. The van der Waals surface area contributed by atoms with Gasteiger partial charge in [0.15, 0.2) is 6.61 Å². The van der Waals surface area contributed by atoms with Gasteiger partial charge in [0.25, 0.3) is 5.91 Å². The zero-order valence-electron chi connectivity index (χ0n) is 16.1. The molecule has 0 bridgehead atoms. The van der Waals surface area contributed by atoms with E-state index in [1.807, 2.05) is 24.3 Å². The van der Waals surface area contributed by atoms with Crippen LogP contribution in [0.4, 0.5) is 4.79 Å². The fraction of sp³-hybridized carbons (Fsp3) is 0.500. The monoisotopic (exact) mass is 403 g/mol. The van der Waals surface area contributed by atoms with Crippen molar-refractivity contribution in [1.29, 1.82) is 0 Å². The molecule has 0 spiro atoms. The first-order chi connectivity index (χ1) is 13.4. The Balaban J connectivity index is 1.61. The summed E-state index contributed by atoms with van der Waals surface area (Å²) < 4.78 is 6.32. The lowest BCUT2D eigenvalue weighted by Gasteiger charge is -2.28. The second-order valence-corrected chi connectivity index (χ2v) is 8.36. The van der Waals surface area contributed by atoms with Gasteiger partial charge in [-0.05, 0) is 38.8 Å². The van der Waals surface area contributed by atoms with Gasteiger partial charge >= 0.3 is 12.0 Å². The van der Waals surface area contributed by atoms with Crippen LogP contribution < -0.4 is 10.6 Å². The lowest BCUT2D eigenvalue weighted by molar-refractivity contribution is -0.154. The Hall–Kier alpha value is -2.48. The van der Waals surface area contributed by atoms with Crippen molar-refractivity contribution in [1.82, 2.24) is 15.6 Å². The maximum Gasteiger partial charge on any atom is 0.321 e. The number of carbonyl (C=O) groups is 3. The van der Waals surface area contributed by atoms with Crippen molar-refractivity contribution < 1.29 is 19.1 Å². The van der Waals surface area contributed by atoms with E-state index in [2.05, 4.69) is 10.6 Å². The van der Waals surface area contributed by atoms with E-state index in [4.69, 9.17) is 9.72 Å². The summed E-state index contributed by atoms with van der Waals surface area (Å²) in [5, 5.41) is 5.65. The smallest absolute Gasteiger partial charge is 0.321 e. The molecular weight excluding hydrogens is 378 g/mol. The normalized spacial score (nSPS) is 19.4. The second kappa shape index (κ2) is 9.14. The number of benzene rings is 1. The third kappa shape index (κ3) is 5.07. The molecule has 1 aromatic heterocycles. The summed E-state index contributed by atoms with van der Waals surface area (Å²) in [5.41, 5.74) is 0.940. The van der Waals surface area contributed by atoms with Crippen LogP contribution in [-0.4, -0.2) is 35.5 Å². The third-order valence-corrected chi connectivity index (χ3v) is 5.88. The highest BCUT2D eigenvalue weighted by Gasteiger charge is 2.35. The molecule has 1 aliphatic carbocycles. The molecular formula is C20H25N3O4S. The van der Waals surface area contributed by atoms with Gasteiger partial charge in [-0.1, -0.05) is 25.0 Å². The maximum absolute atomic E-state index is 12.6. The quantitative estimate of drug-likeness (QED) is 0.746. The third-order valence-electron chi connectivity index (χ3n) is 4.71. The second-order valence-electron chi connectivity index (χ2n) is 7.30. The first-order valence-corrected chi connectivity index (χ1v) is 10.4. The van der Waals surface area contributed by atoms with Gasteiger partial charge in [-0.3, -0.25) is 14.9 Å². The maximum atomic E-state index is 12.6. The van der Waals surface area contributed by atoms with E-state index in [-0.39, 0.29) is 17.9 Å². The van der Waals surface area contributed by atoms with Crippen molar-refractivity contribution in [2.45, 2.75) is 51.5 Å². The summed E-state index contributed by atoms with van der Waals surface area (Å²) in [7, 11) is 0. The van der Waals surface area contributed by atoms with E-state index >= 15 is 0 Å². The Morgan fingerprint density at radius 2 is 1.96 bits per heavy atom. The molecule has 7 nitrogen and oxygen atoms in total. The highest BCUT2D eigenvalue weighted by molar-refractivity contribution is 7.18. The number of nitrogens with one attached hydrogen (secondary N) is 2. The Morgan fingerprint density at radius 3 is 2.71 bits per heavy atom. The number of ether oxygens (including phenoxy) is 1. The van der Waals surface area contributed by atoms with Crippen molar-refractivity contribution >= 4 is 39.5 Å². The van der Waals surface area contributed by atoms with Gasteiger partial charge < -0.3 is 10.1 Å². The summed E-state index contributed by atoms with van der Waals surface area (Å²) in [6, 6.07) is 7.24. The van der Waals surface area contributed by atoms with Gasteiger partial charge in [0.05, 0.1) is 21.1 Å². The van der Waals surface area contributed by atoms with Gasteiger partial charge in [-0.2, -0.15) is 0 Å². The Labute approximate surface area is 167 Å². The van der Waals surface area contributed by atoms with Gasteiger partial charge in [0, 0.05) is 12.0 Å². The lowest BCUT2D eigenvalue weighted by atomic mass is 9.79. The number of nitrogens with zero attached hydrogens (tertiary/aromatic N) is 1. The number of rotatable bonds is 5. The van der Waals surface area contributed by atoms with Crippen LogP contribution in [0.25, 0.3) is 10.2 Å². The number of carbonyl (C=O) groups excluding carboxylic acids is 3. The number of hydrogen-bond acceptors (Lipinski definition) is 6. The zero-order chi connectivity index (χ0) is 20.1. The minimum absolute atomic E-state index is 0.00551. The molecule has 2 N–H and O–H groups in total. The first kappa shape index (κ1) is 20.3. The summed E-state index contributed by atoms with van der Waals surface area (Å²) in [4.78, 5) is 40.7. The van der Waals surface area contributed by atoms with E-state index in [1.165, 1.54) is 0 Å². The predicted octanol–water partition coefficient (Wildman–Crippen LogP) is 3.35. The van der Waals surface area contributed by atoms with Crippen molar-refractivity contribution in [3.63, 3.8) is 0 Å². The molecule has 3 amide bonds. The molecule has 0 unspecified atom stereocenters. The predicted molar refractivity (Wildman–Crippen MR) is 107 cm³/mol. The largest absolute Gasteiger partial charge is 0.455 e. The molecule has 1 fully saturated rings. The van der Waals surface area contributed by atoms with E-state index in [0.717, 1.165) is 40.9 Å². The molecule has 1 aliphatic rings. The molecule has 1 saturated carbocycles. The summed E-state index contributed by atoms with van der Waals surface area (Å²) in [6.07, 6.45) is 3.59. The number of aromatic nitrogens is 1. The molecule has 2 atom stereocenters. The molecule has 3 rings (SSSR count). The average molecular weight is 404 g/mol. The van der Waals surface area contributed by atoms with Gasteiger partial charge in [0.1, 0.15) is 0 Å². The van der Waals surface area contributed by atoms with Crippen LogP contribution in [0.3, 0.4) is 0 Å². The number of amides is 3. The van der Waals surface area contributed by atoms with Gasteiger partial charge in [-0.25, -0.2) is 9.78 Å². The molecule has 0 radical (unpaired) electrons. The SMILES string of the molecule is CC(C)NC(=O)NC(=O)COC(=O)[C@H]1CCCC[C@@H]1c1nc2ccccc2s1. The van der Waals surface area contributed by atoms with Crippen LogP contribution in [0.1, 0.15) is 50.5 Å². The molecule has 1 heterocycles. The number of esters is 1. The molecule has 28 heavy (non-hydrogen) atoms. The zero-order valence-corrected chi connectivity index (χ0v) is 16.9. The van der Waals surface area contributed by atoms with E-state index in [9.17, 15) is 14.4 Å². The van der Waals surface area contributed by atoms with Crippen LogP contribution in [0, 0.1) is 5.92 Å². The molecule has 2 aromatic rings. The van der Waals surface area contributed by atoms with E-state index in [1.54, 1.807) is 25.2 Å². The number of imide groups is 1. The average Bonchev–Trinajstić information content (AvgIpc) is 3.09. The Morgan fingerprint density at radius 1 is 1.21 bits per heavy atom. The summed E-state index contributed by atoms with van der Waals surface area (Å²) >= 11 is 1.61. The molecule has 1 aromatic carbocycles. The number of hydrogen-bond donors (Lipinski definition) is 2. The van der Waals surface area contributed by atoms with Crippen LogP contribution in [0.5, 0.6) is 0 Å². The fourth-order valence-electron chi connectivity index (χ4n) is 3.46. The number of para-hydroxylation sites is 1. The molecule has 150 valence electrons. The van der Waals surface area contributed by atoms with Crippen molar-refractivity contribution in [3.8, 4) is 0 Å². The lowest BCUT2D eigenvalue weighted by Crippen LogP contribution is -2.44. The van der Waals surface area contributed by atoms with Crippen molar-refractivity contribution in [2.75, 3.05) is 6.61 Å². The first-order valence-electron chi connectivity index (χ1n) is 9.56. The number of fused-ring (bicyclic) bond motifs is 1. The molecule has 8 heteroatoms. The van der Waals surface area contributed by atoms with Crippen LogP contribution in [-0.2, 0) is 14.3 Å². The number of thiazole rings is 1. The highest BCUT2D eigenvalue weighted by Crippen LogP contribution is 2.41. The number of urea groups is 1. The van der Waals surface area contributed by atoms with Crippen molar-refractivity contribution in [3.05, 3.63) is 29.3 Å².